The van der Waals surface area contributed by atoms with Crippen molar-refractivity contribution < 1.29 is 104 Å². The Labute approximate surface area is 556 Å². The monoisotopic (exact) mass is 1330 g/mol. The summed E-state index contributed by atoms with van der Waals surface area (Å²) in [7, 11) is 0. The van der Waals surface area contributed by atoms with Crippen molar-refractivity contribution in [2.45, 2.75) is 387 Å². The summed E-state index contributed by atoms with van der Waals surface area (Å²) >= 11 is 0. The molecule has 3 aliphatic rings. The Balaban J connectivity index is 1.58. The molecule has 18 unspecified atom stereocenters. The fourth-order valence-corrected chi connectivity index (χ4v) is 12.9. The van der Waals surface area contributed by atoms with E-state index >= 15 is 0 Å². The summed E-state index contributed by atoms with van der Waals surface area (Å²) < 4.78 is 34.9. The molecule has 3 saturated heterocycles. The Morgan fingerprint density at radius 1 is 0.548 bits per heavy atom. The van der Waals surface area contributed by atoms with E-state index in [4.69, 9.17) is 28.4 Å². The first kappa shape index (κ1) is 84.7. The maximum absolute atomic E-state index is 13.5. The van der Waals surface area contributed by atoms with Gasteiger partial charge in [-0.15, -0.1) is 0 Å². The molecule has 14 N–H and O–H groups in total. The van der Waals surface area contributed by atoms with Crippen molar-refractivity contribution in [3.8, 4) is 0 Å². The number of carbonyl (C=O) groups excluding carboxylic acids is 2. The van der Waals surface area contributed by atoms with E-state index in [1.807, 2.05) is 0 Å². The Bertz CT molecular complexity index is 1930. The Kier molecular flexibility index (Phi) is 46.2. The summed E-state index contributed by atoms with van der Waals surface area (Å²) in [5.41, 5.74) is 0. The zero-order chi connectivity index (χ0) is 68.2. The van der Waals surface area contributed by atoms with E-state index in [1.165, 1.54) is 161 Å². The number of unbranched alkanes of at least 4 members (excludes halogenated alkanes) is 34. The third-order valence-electron chi connectivity index (χ3n) is 18.7. The zero-order valence-electron chi connectivity index (χ0n) is 57.1. The maximum Gasteiger partial charge on any atom is 0.364 e. The Hall–Kier alpha value is -2.53. The number of aliphatic hydroxyl groups is 11. The van der Waals surface area contributed by atoms with Gasteiger partial charge in [0.05, 0.1) is 50.7 Å². The molecule has 0 aromatic carbocycles. The van der Waals surface area contributed by atoms with Crippen LogP contribution in [0.15, 0.2) is 12.2 Å². The number of allylic oxidation sites excluding steroid dienone is 2. The molecular formula is C70H130N2O21. The number of hydrogen-bond donors (Lipinski definition) is 14. The summed E-state index contributed by atoms with van der Waals surface area (Å²) in [5.74, 6) is -6.11. The van der Waals surface area contributed by atoms with Gasteiger partial charge in [0.1, 0.15) is 67.1 Å². The van der Waals surface area contributed by atoms with E-state index in [0.717, 1.165) is 71.1 Å². The van der Waals surface area contributed by atoms with Crippen LogP contribution >= 0.6 is 0 Å². The van der Waals surface area contributed by atoms with Crippen LogP contribution < -0.4 is 10.6 Å². The summed E-state index contributed by atoms with van der Waals surface area (Å²) in [6.45, 7) is 2.22. The average molecular weight is 1340 g/mol. The second kappa shape index (κ2) is 50.7. The molecule has 23 heteroatoms. The summed E-state index contributed by atoms with van der Waals surface area (Å²) in [6.07, 6.45) is 20.6. The van der Waals surface area contributed by atoms with Crippen molar-refractivity contribution in [3.63, 3.8) is 0 Å². The van der Waals surface area contributed by atoms with Gasteiger partial charge in [-0.2, -0.15) is 0 Å². The summed E-state index contributed by atoms with van der Waals surface area (Å²) in [5, 5.41) is 136. The van der Waals surface area contributed by atoms with Gasteiger partial charge in [-0.1, -0.05) is 231 Å². The molecule has 0 saturated carbocycles. The molecule has 2 amide bonds. The highest BCUT2D eigenvalue weighted by molar-refractivity contribution is 5.77. The van der Waals surface area contributed by atoms with Crippen LogP contribution in [0, 0.1) is 0 Å². The SMILES string of the molecule is CCCCCCCCCCC/C=C\CCCCCCCC(=O)NC(COC1OC(CO)C(OC2OC(CO)C(O)C(OC3(C(=O)O)CC(O)C(NC(C)=O)C(C(O)C(O)CO)O3)C2O)C(O)C1O)C(O)CCCCCCCCCCCCCCCCCCCCCCC. The molecule has 546 valence electrons. The highest BCUT2D eigenvalue weighted by Crippen LogP contribution is 2.39. The number of carbonyl (C=O) groups is 3. The van der Waals surface area contributed by atoms with Crippen LogP contribution in [0.2, 0.25) is 0 Å². The predicted octanol–water partition coefficient (Wildman–Crippen LogP) is 7.46. The van der Waals surface area contributed by atoms with Crippen LogP contribution in [0.3, 0.4) is 0 Å². The van der Waals surface area contributed by atoms with E-state index in [-0.39, 0.29) is 18.9 Å². The predicted molar refractivity (Wildman–Crippen MR) is 352 cm³/mol. The molecule has 0 bridgehead atoms. The van der Waals surface area contributed by atoms with Crippen molar-refractivity contribution in [1.82, 2.24) is 10.6 Å². The quantitative estimate of drug-likeness (QED) is 0.0207. The lowest BCUT2D eigenvalue weighted by Crippen LogP contribution is -2.70. The molecule has 0 spiro atoms. The van der Waals surface area contributed by atoms with Crippen molar-refractivity contribution in [2.75, 3.05) is 26.4 Å². The van der Waals surface area contributed by atoms with Gasteiger partial charge in [-0.25, -0.2) is 4.79 Å². The van der Waals surface area contributed by atoms with Crippen molar-refractivity contribution in [1.29, 1.82) is 0 Å². The molecule has 0 radical (unpaired) electrons. The molecule has 3 fully saturated rings. The second-order valence-corrected chi connectivity index (χ2v) is 26.8. The topological polar surface area (TPSA) is 373 Å². The number of ether oxygens (including phenoxy) is 6. The molecule has 0 aliphatic carbocycles. The van der Waals surface area contributed by atoms with Gasteiger partial charge in [0.15, 0.2) is 12.6 Å². The van der Waals surface area contributed by atoms with Gasteiger partial charge < -0.3 is 100 Å². The standard InChI is InChI=1S/C70H130N2O21/c1-4-6-8-10-12-14-16-18-20-22-24-25-26-27-29-31-33-35-37-39-41-43-52(77)51(72-57(80)44-42-40-38-36-34-32-30-28-23-21-19-17-15-13-11-9-7-5-2)49-88-67-62(84)61(83)64(56(48-75)90-67)91-68-63(85)66(60(82)55(47-74)89-68)93-70(69(86)87)45-53(78)58(71-50(3)76)65(92-70)59(81)54(79)46-73/h28,30,51-56,58-68,73-75,77-79,81-85H,4-27,29,31-49H2,1-3H3,(H,71,76)(H,72,80)(H,86,87)/b30-28-. The van der Waals surface area contributed by atoms with E-state index in [1.54, 1.807) is 0 Å². The van der Waals surface area contributed by atoms with E-state index in [9.17, 15) is 75.7 Å². The van der Waals surface area contributed by atoms with Gasteiger partial charge in [0.2, 0.25) is 11.8 Å². The second-order valence-electron chi connectivity index (χ2n) is 26.8. The number of amides is 2. The molecule has 18 atom stereocenters. The lowest BCUT2D eigenvalue weighted by atomic mass is 9.88. The van der Waals surface area contributed by atoms with Crippen molar-refractivity contribution >= 4 is 17.8 Å². The number of rotatable bonds is 56. The van der Waals surface area contributed by atoms with Crippen LogP contribution in [0.5, 0.6) is 0 Å². The van der Waals surface area contributed by atoms with Crippen LogP contribution in [-0.2, 0) is 42.8 Å². The van der Waals surface area contributed by atoms with Crippen molar-refractivity contribution in [2.24, 2.45) is 0 Å². The van der Waals surface area contributed by atoms with Crippen LogP contribution in [0.4, 0.5) is 0 Å². The molecule has 0 aromatic rings. The van der Waals surface area contributed by atoms with Crippen molar-refractivity contribution in [3.05, 3.63) is 12.2 Å². The molecule has 23 nitrogen and oxygen atoms in total. The highest BCUT2D eigenvalue weighted by atomic mass is 16.8. The minimum absolute atomic E-state index is 0.215. The first-order chi connectivity index (χ1) is 44.9. The van der Waals surface area contributed by atoms with E-state index in [2.05, 4.69) is 36.6 Å². The van der Waals surface area contributed by atoms with E-state index < -0.39 is 148 Å². The maximum atomic E-state index is 13.5. The van der Waals surface area contributed by atoms with Gasteiger partial charge in [-0.3, -0.25) is 9.59 Å². The van der Waals surface area contributed by atoms with Gasteiger partial charge in [-0.05, 0) is 38.5 Å². The third-order valence-corrected chi connectivity index (χ3v) is 18.7. The molecule has 3 rings (SSSR count). The number of aliphatic carboxylic acids is 1. The number of hydrogen-bond acceptors (Lipinski definition) is 20. The normalized spacial score (nSPS) is 28.1. The smallest absolute Gasteiger partial charge is 0.364 e. The number of aliphatic hydroxyl groups excluding tert-OH is 11. The largest absolute Gasteiger partial charge is 0.477 e. The lowest BCUT2D eigenvalue weighted by molar-refractivity contribution is -0.386. The van der Waals surface area contributed by atoms with Crippen LogP contribution in [0.25, 0.3) is 0 Å². The molecule has 3 heterocycles. The first-order valence-electron chi connectivity index (χ1n) is 36.5. The van der Waals surface area contributed by atoms with Gasteiger partial charge in [0.25, 0.3) is 5.79 Å². The van der Waals surface area contributed by atoms with Crippen LogP contribution in [-0.4, -0.2) is 215 Å². The fraction of sp³-hybridized carbons (Fsp3) is 0.929. The number of carboxylic acid groups (broad SMARTS) is 1. The molecule has 93 heavy (non-hydrogen) atoms. The number of nitrogens with one attached hydrogen (secondary N) is 2. The third kappa shape index (κ3) is 32.8. The Morgan fingerprint density at radius 3 is 1.45 bits per heavy atom. The minimum atomic E-state index is -3.08. The number of carboxylic acids is 1. The molecule has 0 aromatic heterocycles. The Morgan fingerprint density at radius 2 is 1.00 bits per heavy atom. The lowest BCUT2D eigenvalue weighted by Gasteiger charge is -2.50. The average Bonchev–Trinajstić information content (AvgIpc) is 0.780. The van der Waals surface area contributed by atoms with Crippen LogP contribution in [0.1, 0.15) is 278 Å². The zero-order valence-corrected chi connectivity index (χ0v) is 57.1. The fourth-order valence-electron chi connectivity index (χ4n) is 12.9. The minimum Gasteiger partial charge on any atom is -0.477 e. The summed E-state index contributed by atoms with van der Waals surface area (Å²) in [6, 6.07) is -2.53. The van der Waals surface area contributed by atoms with E-state index in [0.29, 0.717) is 19.3 Å². The molecular weight excluding hydrogens is 1200 g/mol. The molecule has 3 aliphatic heterocycles. The summed E-state index contributed by atoms with van der Waals surface area (Å²) in [4.78, 5) is 38.6. The first-order valence-corrected chi connectivity index (χ1v) is 36.5. The van der Waals surface area contributed by atoms with Gasteiger partial charge in [0, 0.05) is 19.8 Å². The van der Waals surface area contributed by atoms with Gasteiger partial charge >= 0.3 is 5.97 Å². The highest BCUT2D eigenvalue weighted by Gasteiger charge is 2.60.